The molecular weight excluding hydrogens is 410 g/mol. The molecule has 0 unspecified atom stereocenters. The van der Waals surface area contributed by atoms with E-state index in [4.69, 9.17) is 0 Å². The molecule has 3 heterocycles. The number of thiophene rings is 1. The number of piperidine rings is 1. The summed E-state index contributed by atoms with van der Waals surface area (Å²) in [6.07, 6.45) is 5.31. The van der Waals surface area contributed by atoms with E-state index in [1.807, 2.05) is 18.7 Å². The van der Waals surface area contributed by atoms with Crippen LogP contribution in [-0.4, -0.2) is 61.7 Å². The van der Waals surface area contributed by atoms with Crippen LogP contribution in [0.15, 0.2) is 15.7 Å². The van der Waals surface area contributed by atoms with E-state index in [-0.39, 0.29) is 28.0 Å². The number of carbonyl (C=O) groups is 2. The lowest BCUT2D eigenvalue weighted by Crippen LogP contribution is -2.44. The van der Waals surface area contributed by atoms with Gasteiger partial charge in [-0.25, -0.2) is 8.42 Å². The fraction of sp³-hybridized carbons (Fsp3) is 0.700. The summed E-state index contributed by atoms with van der Waals surface area (Å²) in [4.78, 5) is 26.8. The number of hydrogen-bond donors (Lipinski definition) is 1. The van der Waals surface area contributed by atoms with Crippen LogP contribution >= 0.6 is 11.3 Å². The number of sulfonamides is 1. The van der Waals surface area contributed by atoms with Crippen molar-refractivity contribution in [1.82, 2.24) is 14.5 Å². The Morgan fingerprint density at radius 2 is 1.69 bits per heavy atom. The van der Waals surface area contributed by atoms with E-state index in [0.29, 0.717) is 31.5 Å². The quantitative estimate of drug-likeness (QED) is 0.761. The first-order valence-electron chi connectivity index (χ1n) is 10.5. The summed E-state index contributed by atoms with van der Waals surface area (Å²) in [5.74, 6) is -0.223. The zero-order valence-electron chi connectivity index (χ0n) is 17.2. The summed E-state index contributed by atoms with van der Waals surface area (Å²) in [6, 6.07) is 1.60. The number of nitrogens with zero attached hydrogens (tertiary/aromatic N) is 2. The highest BCUT2D eigenvalue weighted by molar-refractivity contribution is 7.91. The highest BCUT2D eigenvalue weighted by Crippen LogP contribution is 2.29. The van der Waals surface area contributed by atoms with Crippen molar-refractivity contribution in [2.45, 2.75) is 62.6 Å². The molecule has 0 radical (unpaired) electrons. The van der Waals surface area contributed by atoms with E-state index in [0.717, 1.165) is 50.1 Å². The van der Waals surface area contributed by atoms with E-state index in [1.165, 1.54) is 10.4 Å². The Balaban J connectivity index is 1.63. The van der Waals surface area contributed by atoms with E-state index in [2.05, 4.69) is 5.32 Å². The molecule has 0 saturated carbocycles. The predicted molar refractivity (Wildman–Crippen MR) is 113 cm³/mol. The van der Waals surface area contributed by atoms with Crippen LogP contribution in [0.1, 0.15) is 62.7 Å². The van der Waals surface area contributed by atoms with Crippen LogP contribution < -0.4 is 5.32 Å². The van der Waals surface area contributed by atoms with Crippen molar-refractivity contribution >= 4 is 33.2 Å². The molecule has 9 heteroatoms. The van der Waals surface area contributed by atoms with Crippen LogP contribution in [0.5, 0.6) is 0 Å². The molecule has 3 rings (SSSR count). The van der Waals surface area contributed by atoms with E-state index < -0.39 is 10.0 Å². The molecule has 0 spiro atoms. The van der Waals surface area contributed by atoms with Crippen LogP contribution in [0.25, 0.3) is 0 Å². The minimum atomic E-state index is -3.64. The van der Waals surface area contributed by atoms with Crippen molar-refractivity contribution in [3.63, 3.8) is 0 Å². The second-order valence-corrected chi connectivity index (χ2v) is 11.3. The molecule has 2 fully saturated rings. The minimum Gasteiger partial charge on any atom is -0.354 e. The van der Waals surface area contributed by atoms with Crippen LogP contribution in [-0.2, 0) is 14.8 Å². The summed E-state index contributed by atoms with van der Waals surface area (Å²) >= 11 is 1.11. The van der Waals surface area contributed by atoms with E-state index >= 15 is 0 Å². The van der Waals surface area contributed by atoms with Crippen LogP contribution in [0.4, 0.5) is 0 Å². The number of nitrogens with one attached hydrogen (secondary N) is 1. The lowest BCUT2D eigenvalue weighted by molar-refractivity contribution is -0.126. The molecule has 0 bridgehead atoms. The number of carbonyl (C=O) groups excluding carboxylic acids is 2. The summed E-state index contributed by atoms with van der Waals surface area (Å²) in [5.41, 5.74) is 0.460. The van der Waals surface area contributed by atoms with Crippen LogP contribution in [0, 0.1) is 5.92 Å². The van der Waals surface area contributed by atoms with Gasteiger partial charge in [-0.05, 0) is 45.6 Å². The zero-order chi connectivity index (χ0) is 21.0. The van der Waals surface area contributed by atoms with Gasteiger partial charge in [0, 0.05) is 43.5 Å². The SMILES string of the molecule is CC(C)NC(=O)C1CCN(S(=O)(=O)c2cc(C(=O)N3CCCCCC3)cs2)CC1. The van der Waals surface area contributed by atoms with Crippen molar-refractivity contribution in [2.24, 2.45) is 5.92 Å². The van der Waals surface area contributed by atoms with E-state index in [9.17, 15) is 18.0 Å². The zero-order valence-corrected chi connectivity index (χ0v) is 18.9. The molecule has 7 nitrogen and oxygen atoms in total. The van der Waals surface area contributed by atoms with Crippen molar-refractivity contribution in [3.05, 3.63) is 17.0 Å². The van der Waals surface area contributed by atoms with Gasteiger partial charge in [0.2, 0.25) is 5.91 Å². The topological polar surface area (TPSA) is 86.8 Å². The molecule has 0 aromatic carbocycles. The van der Waals surface area contributed by atoms with Gasteiger partial charge in [0.1, 0.15) is 4.21 Å². The normalized spacial score (nSPS) is 19.9. The number of amides is 2. The molecule has 2 aliphatic rings. The van der Waals surface area contributed by atoms with Crippen molar-refractivity contribution in [3.8, 4) is 0 Å². The van der Waals surface area contributed by atoms with E-state index in [1.54, 1.807) is 5.38 Å². The van der Waals surface area contributed by atoms with Gasteiger partial charge in [-0.2, -0.15) is 4.31 Å². The molecule has 29 heavy (non-hydrogen) atoms. The Labute approximate surface area is 177 Å². The third kappa shape index (κ3) is 5.38. The second kappa shape index (κ2) is 9.57. The average Bonchev–Trinajstić information content (AvgIpc) is 3.04. The predicted octanol–water partition coefficient (Wildman–Crippen LogP) is 2.69. The Morgan fingerprint density at radius 1 is 1.07 bits per heavy atom. The third-order valence-electron chi connectivity index (χ3n) is 5.57. The summed E-state index contributed by atoms with van der Waals surface area (Å²) in [7, 11) is -3.64. The Morgan fingerprint density at radius 3 is 2.28 bits per heavy atom. The van der Waals surface area contributed by atoms with Crippen LogP contribution in [0.2, 0.25) is 0 Å². The molecule has 1 aromatic heterocycles. The van der Waals surface area contributed by atoms with Gasteiger partial charge in [0.15, 0.2) is 0 Å². The van der Waals surface area contributed by atoms with Crippen molar-refractivity contribution in [1.29, 1.82) is 0 Å². The standard InChI is InChI=1S/C20H31N3O4S2/c1-15(2)21-19(24)16-7-11-23(12-8-16)29(26,27)18-13-17(14-28-18)20(25)22-9-5-3-4-6-10-22/h13-16H,3-12H2,1-2H3,(H,21,24). The van der Waals surface area contributed by atoms with Gasteiger partial charge in [-0.15, -0.1) is 11.3 Å². The molecule has 1 N–H and O–H groups in total. The maximum Gasteiger partial charge on any atom is 0.254 e. The van der Waals surface area contributed by atoms with Gasteiger partial charge in [-0.1, -0.05) is 12.8 Å². The Bertz CT molecular complexity index is 819. The Kier molecular flexibility index (Phi) is 7.34. The molecule has 0 aliphatic carbocycles. The molecule has 2 amide bonds. The molecule has 162 valence electrons. The highest BCUT2D eigenvalue weighted by atomic mass is 32.2. The van der Waals surface area contributed by atoms with Gasteiger partial charge in [0.25, 0.3) is 15.9 Å². The van der Waals surface area contributed by atoms with Crippen LogP contribution in [0.3, 0.4) is 0 Å². The molecule has 1 aromatic rings. The van der Waals surface area contributed by atoms with Gasteiger partial charge in [-0.3, -0.25) is 9.59 Å². The average molecular weight is 442 g/mol. The number of rotatable bonds is 5. The third-order valence-corrected chi connectivity index (χ3v) is 8.88. The fourth-order valence-electron chi connectivity index (χ4n) is 3.91. The van der Waals surface area contributed by atoms with Gasteiger partial charge >= 0.3 is 0 Å². The fourth-order valence-corrected chi connectivity index (χ4v) is 6.68. The minimum absolute atomic E-state index is 0.00138. The summed E-state index contributed by atoms with van der Waals surface area (Å²) in [5, 5.41) is 4.56. The largest absolute Gasteiger partial charge is 0.354 e. The molecular formula is C20H31N3O4S2. The number of hydrogen-bond acceptors (Lipinski definition) is 5. The van der Waals surface area contributed by atoms with Gasteiger partial charge in [0.05, 0.1) is 5.56 Å². The lowest BCUT2D eigenvalue weighted by Gasteiger charge is -2.30. The molecule has 2 saturated heterocycles. The molecule has 0 atom stereocenters. The maximum atomic E-state index is 13.0. The number of likely N-dealkylation sites (tertiary alicyclic amines) is 1. The van der Waals surface area contributed by atoms with Crippen molar-refractivity contribution in [2.75, 3.05) is 26.2 Å². The first-order valence-corrected chi connectivity index (χ1v) is 12.8. The van der Waals surface area contributed by atoms with Crippen molar-refractivity contribution < 1.29 is 18.0 Å². The highest BCUT2D eigenvalue weighted by Gasteiger charge is 2.33. The first kappa shape index (κ1) is 22.2. The monoisotopic (exact) mass is 441 g/mol. The lowest BCUT2D eigenvalue weighted by atomic mass is 9.97. The maximum absolute atomic E-state index is 13.0. The first-order chi connectivity index (χ1) is 13.8. The van der Waals surface area contributed by atoms with Gasteiger partial charge < -0.3 is 10.2 Å². The smallest absolute Gasteiger partial charge is 0.254 e. The summed E-state index contributed by atoms with van der Waals surface area (Å²) in [6.45, 7) is 5.96. The second-order valence-electron chi connectivity index (χ2n) is 8.20. The Hall–Kier alpha value is -1.45. The summed E-state index contributed by atoms with van der Waals surface area (Å²) < 4.78 is 27.7. The molecule has 2 aliphatic heterocycles.